The van der Waals surface area contributed by atoms with Crippen molar-refractivity contribution < 1.29 is 68.9 Å². The second kappa shape index (κ2) is 25.6. The highest BCUT2D eigenvalue weighted by molar-refractivity contribution is 7.39. The molecule has 11 atom stereocenters. The third-order valence-corrected chi connectivity index (χ3v) is 10.5. The molecule has 14 nitrogen and oxygen atoms in total. The number of ether oxygens (including phenoxy) is 4. The zero-order valence-corrected chi connectivity index (χ0v) is 29.7. The molecule has 0 spiro atoms. The molecule has 0 aromatic carbocycles. The Morgan fingerprint density at radius 1 is 0.542 bits per heavy atom. The fourth-order valence-electron chi connectivity index (χ4n) is 5.99. The van der Waals surface area contributed by atoms with Gasteiger partial charge in [-0.3, -0.25) is 4.57 Å². The predicted molar refractivity (Wildman–Crippen MR) is 178 cm³/mol. The van der Waals surface area contributed by atoms with Gasteiger partial charge in [0.15, 0.2) is 20.6 Å². The molecule has 0 aliphatic carbocycles. The van der Waals surface area contributed by atoms with Gasteiger partial charge in [0.05, 0.1) is 26.4 Å². The van der Waals surface area contributed by atoms with E-state index in [1.807, 2.05) is 0 Å². The molecule has 2 saturated heterocycles. The lowest BCUT2D eigenvalue weighted by Crippen LogP contribution is -2.60. The molecule has 48 heavy (non-hydrogen) atoms. The smallest absolute Gasteiger partial charge is 0.192 e. The zero-order valence-electron chi connectivity index (χ0n) is 28.7. The topological polar surface area (TPSA) is 225 Å². The lowest BCUT2D eigenvalue weighted by Gasteiger charge is -2.40. The van der Waals surface area contributed by atoms with E-state index in [1.165, 1.54) is 77.0 Å². The third kappa shape index (κ3) is 15.9. The third-order valence-electron chi connectivity index (χ3n) is 9.12. The van der Waals surface area contributed by atoms with Crippen LogP contribution in [0.2, 0.25) is 0 Å². The molecule has 0 bridgehead atoms. The van der Waals surface area contributed by atoms with Crippen LogP contribution in [0.15, 0.2) is 0 Å². The van der Waals surface area contributed by atoms with Gasteiger partial charge in [-0.15, -0.1) is 0 Å². The Labute approximate surface area is 286 Å². The molecule has 2 fully saturated rings. The molecule has 0 radical (unpaired) electrons. The van der Waals surface area contributed by atoms with Crippen LogP contribution in [0.4, 0.5) is 0 Å². The van der Waals surface area contributed by atoms with E-state index in [0.29, 0.717) is 12.6 Å². The van der Waals surface area contributed by atoms with Crippen molar-refractivity contribution in [1.29, 1.82) is 0 Å². The standard InChI is InChI=1S/C33H65O14P/c1-2-3-4-5-6-7-8-9-10-11-12-13-14-15-16-17-18-48(42)47-23(21-43-32-30(40)28(38)26(36)24(19-34)45-32)22-44-33-31(41)29(39)27(37)25(20-35)46-33/h23-41,48H,2-22H2,1H3/t24-,25-,26-,27-,28+,29+,30+,31+,32-,33-/m1/s1. The van der Waals surface area contributed by atoms with Crippen LogP contribution < -0.4 is 0 Å². The van der Waals surface area contributed by atoms with Gasteiger partial charge < -0.3 is 64.3 Å². The first-order valence-corrected chi connectivity index (χ1v) is 19.7. The van der Waals surface area contributed by atoms with Crippen molar-refractivity contribution in [3.63, 3.8) is 0 Å². The fraction of sp³-hybridized carbons (Fsp3) is 1.00. The average molecular weight is 717 g/mol. The molecular weight excluding hydrogens is 651 g/mol. The summed E-state index contributed by atoms with van der Waals surface area (Å²) in [6, 6.07) is 0. The van der Waals surface area contributed by atoms with Crippen molar-refractivity contribution in [2.75, 3.05) is 32.6 Å². The molecular formula is C33H65O14P. The van der Waals surface area contributed by atoms with Crippen molar-refractivity contribution in [1.82, 2.24) is 0 Å². The van der Waals surface area contributed by atoms with Gasteiger partial charge in [-0.05, 0) is 6.42 Å². The van der Waals surface area contributed by atoms with Gasteiger partial charge in [-0.2, -0.15) is 0 Å². The Kier molecular flexibility index (Phi) is 23.4. The maximum Gasteiger partial charge on any atom is 0.192 e. The molecule has 0 amide bonds. The molecule has 2 heterocycles. The first-order valence-electron chi connectivity index (χ1n) is 18.2. The zero-order chi connectivity index (χ0) is 35.3. The van der Waals surface area contributed by atoms with E-state index < -0.39 is 88.8 Å². The van der Waals surface area contributed by atoms with Crippen molar-refractivity contribution in [3.05, 3.63) is 0 Å². The maximum atomic E-state index is 12.9. The molecule has 0 aromatic heterocycles. The highest BCUT2D eigenvalue weighted by Gasteiger charge is 2.45. The van der Waals surface area contributed by atoms with E-state index in [2.05, 4.69) is 6.92 Å². The summed E-state index contributed by atoms with van der Waals surface area (Å²) in [4.78, 5) is 0. The molecule has 2 aliphatic rings. The van der Waals surface area contributed by atoms with Gasteiger partial charge in [-0.25, -0.2) is 0 Å². The van der Waals surface area contributed by atoms with Crippen LogP contribution in [0, 0.1) is 0 Å². The average Bonchev–Trinajstić information content (AvgIpc) is 3.08. The van der Waals surface area contributed by atoms with E-state index in [1.54, 1.807) is 0 Å². The molecule has 286 valence electrons. The Hall–Kier alpha value is -0.290. The van der Waals surface area contributed by atoms with E-state index in [-0.39, 0.29) is 13.2 Å². The van der Waals surface area contributed by atoms with E-state index in [0.717, 1.165) is 19.3 Å². The summed E-state index contributed by atoms with van der Waals surface area (Å²) >= 11 is 0. The minimum absolute atomic E-state index is 0.319. The van der Waals surface area contributed by atoms with Crippen LogP contribution in [-0.2, 0) is 28.0 Å². The molecule has 2 rings (SSSR count). The first kappa shape index (κ1) is 43.9. The van der Waals surface area contributed by atoms with Gasteiger partial charge in [0.2, 0.25) is 0 Å². The lowest BCUT2D eigenvalue weighted by molar-refractivity contribution is -0.313. The van der Waals surface area contributed by atoms with Crippen LogP contribution in [0.1, 0.15) is 110 Å². The van der Waals surface area contributed by atoms with Gasteiger partial charge >= 0.3 is 0 Å². The number of aliphatic hydroxyl groups is 8. The van der Waals surface area contributed by atoms with Crippen molar-refractivity contribution in [2.24, 2.45) is 0 Å². The maximum absolute atomic E-state index is 12.9. The molecule has 0 saturated carbocycles. The number of aliphatic hydroxyl groups excluding tert-OH is 8. The van der Waals surface area contributed by atoms with Crippen LogP contribution in [0.25, 0.3) is 0 Å². The summed E-state index contributed by atoms with van der Waals surface area (Å²) in [5, 5.41) is 79.7. The summed E-state index contributed by atoms with van der Waals surface area (Å²) in [5.74, 6) is 0. The molecule has 8 N–H and O–H groups in total. The van der Waals surface area contributed by atoms with Gasteiger partial charge in [0.1, 0.15) is 54.9 Å². The van der Waals surface area contributed by atoms with Crippen LogP contribution in [0.5, 0.6) is 0 Å². The number of unbranched alkanes of at least 4 members (excludes halogenated alkanes) is 15. The summed E-state index contributed by atoms with van der Waals surface area (Å²) in [6.45, 7) is 0.231. The summed E-state index contributed by atoms with van der Waals surface area (Å²) in [5.41, 5.74) is 0. The van der Waals surface area contributed by atoms with Crippen LogP contribution in [0.3, 0.4) is 0 Å². The second-order valence-corrected chi connectivity index (χ2v) is 14.7. The highest BCUT2D eigenvalue weighted by Crippen LogP contribution is 2.30. The largest absolute Gasteiger partial charge is 0.394 e. The minimum Gasteiger partial charge on any atom is -0.394 e. The normalized spacial score (nSPS) is 31.8. The minimum atomic E-state index is -2.58. The summed E-state index contributed by atoms with van der Waals surface area (Å²) in [6.07, 6.45) is 3.78. The van der Waals surface area contributed by atoms with Crippen molar-refractivity contribution in [2.45, 2.75) is 177 Å². The number of hydrogen-bond acceptors (Lipinski definition) is 14. The highest BCUT2D eigenvalue weighted by atomic mass is 31.1. The fourth-order valence-corrected chi connectivity index (χ4v) is 7.16. The predicted octanol–water partition coefficient (Wildman–Crippen LogP) is 1.74. The lowest BCUT2D eigenvalue weighted by atomic mass is 9.99. The van der Waals surface area contributed by atoms with Crippen LogP contribution in [-0.4, -0.2) is 141 Å². The van der Waals surface area contributed by atoms with Crippen molar-refractivity contribution in [3.8, 4) is 0 Å². The number of rotatable bonds is 27. The Morgan fingerprint density at radius 3 is 1.25 bits per heavy atom. The molecule has 1 unspecified atom stereocenters. The van der Waals surface area contributed by atoms with E-state index in [9.17, 15) is 45.4 Å². The van der Waals surface area contributed by atoms with Gasteiger partial charge in [-0.1, -0.05) is 103 Å². The van der Waals surface area contributed by atoms with Gasteiger partial charge in [0.25, 0.3) is 0 Å². The summed E-state index contributed by atoms with van der Waals surface area (Å²) in [7, 11) is -2.58. The van der Waals surface area contributed by atoms with Crippen molar-refractivity contribution >= 4 is 8.03 Å². The molecule has 15 heteroatoms. The van der Waals surface area contributed by atoms with Gasteiger partial charge in [0, 0.05) is 6.16 Å². The Bertz CT molecular complexity index is 783. The Balaban J connectivity index is 1.73. The summed E-state index contributed by atoms with van der Waals surface area (Å²) < 4.78 is 40.5. The SMILES string of the molecule is CCCCCCCCCCCCCCCCCC[PH](=O)OC(CO[C@@H]1O[C@H](CO)[C@@H](O)[C@H](O)[C@@H]1O)CO[C@@H]1O[C@H](CO)[C@@H](O)[C@H](O)[C@@H]1O. The first-order chi connectivity index (χ1) is 23.1. The second-order valence-electron chi connectivity index (χ2n) is 13.2. The quantitative estimate of drug-likeness (QED) is 0.0448. The van der Waals surface area contributed by atoms with E-state index >= 15 is 0 Å². The van der Waals surface area contributed by atoms with Crippen LogP contribution >= 0.6 is 8.03 Å². The van der Waals surface area contributed by atoms with E-state index in [4.69, 9.17) is 23.5 Å². The molecule has 0 aromatic rings. The monoisotopic (exact) mass is 716 g/mol. The number of hydrogen-bond donors (Lipinski definition) is 8. The Morgan fingerprint density at radius 2 is 0.896 bits per heavy atom. The molecule has 2 aliphatic heterocycles.